The molecule has 0 aliphatic rings. The molecule has 17 heavy (non-hydrogen) atoms. The molecule has 0 aliphatic carbocycles. The Morgan fingerprint density at radius 1 is 1.41 bits per heavy atom. The van der Waals surface area contributed by atoms with Crippen LogP contribution >= 0.6 is 11.3 Å². The minimum absolute atomic E-state index is 0.504. The van der Waals surface area contributed by atoms with E-state index in [1.54, 1.807) is 0 Å². The molecule has 0 radical (unpaired) electrons. The van der Waals surface area contributed by atoms with Crippen molar-refractivity contribution in [2.45, 2.75) is 59.2 Å². The second kappa shape index (κ2) is 5.98. The molecular weight excluding hydrogens is 230 g/mol. The first kappa shape index (κ1) is 14.7. The molecule has 1 atom stereocenters. The molecule has 98 valence electrons. The zero-order valence-electron chi connectivity index (χ0n) is 11.7. The number of nitrogens with zero attached hydrogens (tertiary/aromatic N) is 1. The van der Waals surface area contributed by atoms with Gasteiger partial charge in [0.1, 0.15) is 0 Å². The lowest BCUT2D eigenvalue weighted by Gasteiger charge is -2.33. The van der Waals surface area contributed by atoms with Crippen LogP contribution in [0.1, 0.15) is 43.9 Å². The molecule has 3 heteroatoms. The summed E-state index contributed by atoms with van der Waals surface area (Å²) < 4.78 is 0. The normalized spacial score (nSPS) is 14.3. The van der Waals surface area contributed by atoms with Crippen LogP contribution in [0.2, 0.25) is 0 Å². The Bertz CT molecular complexity index is 340. The minimum atomic E-state index is -0.629. The predicted octanol–water partition coefficient (Wildman–Crippen LogP) is 3.43. The van der Waals surface area contributed by atoms with E-state index in [-0.39, 0.29) is 0 Å². The first-order chi connectivity index (χ1) is 7.81. The van der Waals surface area contributed by atoms with E-state index >= 15 is 0 Å². The maximum Gasteiger partial charge on any atom is 0.0718 e. The lowest BCUT2D eigenvalue weighted by molar-refractivity contribution is 0.0195. The zero-order valence-corrected chi connectivity index (χ0v) is 12.5. The number of hydrogen-bond acceptors (Lipinski definition) is 3. The molecule has 0 amide bonds. The van der Waals surface area contributed by atoms with Crippen LogP contribution in [0, 0.1) is 6.92 Å². The largest absolute Gasteiger partial charge is 0.389 e. The Hall–Kier alpha value is -0.380. The van der Waals surface area contributed by atoms with Gasteiger partial charge in [-0.3, -0.25) is 4.90 Å². The van der Waals surface area contributed by atoms with Gasteiger partial charge in [-0.1, -0.05) is 6.92 Å². The van der Waals surface area contributed by atoms with Crippen molar-refractivity contribution in [2.75, 3.05) is 6.54 Å². The zero-order chi connectivity index (χ0) is 13.1. The molecule has 0 fully saturated rings. The van der Waals surface area contributed by atoms with E-state index in [0.717, 1.165) is 19.5 Å². The highest BCUT2D eigenvalue weighted by atomic mass is 32.1. The highest BCUT2D eigenvalue weighted by molar-refractivity contribution is 7.11. The standard InChI is InChI=1S/C14H25NOS/c1-6-11(2)15(10-14(4,5)16)9-13-8-7-12(3)17-13/h7-8,11,16H,6,9-10H2,1-5H3. The van der Waals surface area contributed by atoms with Crippen molar-refractivity contribution in [1.82, 2.24) is 4.90 Å². The van der Waals surface area contributed by atoms with Crippen molar-refractivity contribution in [1.29, 1.82) is 0 Å². The summed E-state index contributed by atoms with van der Waals surface area (Å²) in [5, 5.41) is 9.98. The van der Waals surface area contributed by atoms with Crippen molar-refractivity contribution in [2.24, 2.45) is 0 Å². The molecule has 1 heterocycles. The second-order valence-electron chi connectivity index (χ2n) is 5.49. The van der Waals surface area contributed by atoms with E-state index in [9.17, 15) is 5.11 Å². The number of aliphatic hydroxyl groups is 1. The topological polar surface area (TPSA) is 23.5 Å². The van der Waals surface area contributed by atoms with Gasteiger partial charge in [0, 0.05) is 28.9 Å². The fraction of sp³-hybridized carbons (Fsp3) is 0.714. The molecule has 1 aromatic heterocycles. The van der Waals surface area contributed by atoms with E-state index in [4.69, 9.17) is 0 Å². The van der Waals surface area contributed by atoms with Crippen molar-refractivity contribution in [3.8, 4) is 0 Å². The first-order valence-corrected chi connectivity index (χ1v) is 7.15. The third-order valence-corrected chi connectivity index (χ3v) is 3.94. The molecule has 0 aromatic carbocycles. The maximum atomic E-state index is 9.98. The average Bonchev–Trinajstić information content (AvgIpc) is 2.60. The van der Waals surface area contributed by atoms with E-state index in [1.165, 1.54) is 9.75 Å². The summed E-state index contributed by atoms with van der Waals surface area (Å²) >= 11 is 1.85. The molecule has 1 aromatic rings. The monoisotopic (exact) mass is 255 g/mol. The van der Waals surface area contributed by atoms with Gasteiger partial charge in [-0.05, 0) is 46.2 Å². The highest BCUT2D eigenvalue weighted by Crippen LogP contribution is 2.20. The van der Waals surface area contributed by atoms with E-state index in [2.05, 4.69) is 37.8 Å². The van der Waals surface area contributed by atoms with Crippen LogP contribution in [-0.4, -0.2) is 28.2 Å². The molecule has 1 rings (SSSR count). The van der Waals surface area contributed by atoms with Gasteiger partial charge in [-0.15, -0.1) is 11.3 Å². The van der Waals surface area contributed by atoms with Gasteiger partial charge < -0.3 is 5.11 Å². The third-order valence-electron chi connectivity index (χ3n) is 2.96. The molecule has 0 bridgehead atoms. The van der Waals surface area contributed by atoms with Crippen molar-refractivity contribution >= 4 is 11.3 Å². The van der Waals surface area contributed by atoms with Gasteiger partial charge in [-0.2, -0.15) is 0 Å². The van der Waals surface area contributed by atoms with Crippen LogP contribution in [0.3, 0.4) is 0 Å². The van der Waals surface area contributed by atoms with E-state index < -0.39 is 5.60 Å². The van der Waals surface area contributed by atoms with Crippen molar-refractivity contribution < 1.29 is 5.11 Å². The van der Waals surface area contributed by atoms with Gasteiger partial charge in [0.05, 0.1) is 5.60 Å². The van der Waals surface area contributed by atoms with Crippen LogP contribution in [0.15, 0.2) is 12.1 Å². The summed E-state index contributed by atoms with van der Waals surface area (Å²) in [6.07, 6.45) is 1.11. The summed E-state index contributed by atoms with van der Waals surface area (Å²) in [7, 11) is 0. The third kappa shape index (κ3) is 5.19. The quantitative estimate of drug-likeness (QED) is 0.842. The SMILES string of the molecule is CCC(C)N(Cc1ccc(C)s1)CC(C)(C)O. The molecule has 1 N–H and O–H groups in total. The van der Waals surface area contributed by atoms with Crippen molar-refractivity contribution in [3.05, 3.63) is 21.9 Å². The Morgan fingerprint density at radius 3 is 2.47 bits per heavy atom. The molecule has 1 unspecified atom stereocenters. The number of hydrogen-bond donors (Lipinski definition) is 1. The van der Waals surface area contributed by atoms with Gasteiger partial charge >= 0.3 is 0 Å². The second-order valence-corrected chi connectivity index (χ2v) is 6.86. The van der Waals surface area contributed by atoms with Crippen molar-refractivity contribution in [3.63, 3.8) is 0 Å². The fourth-order valence-corrected chi connectivity index (χ4v) is 2.81. The summed E-state index contributed by atoms with van der Waals surface area (Å²) in [5.74, 6) is 0. The van der Waals surface area contributed by atoms with Crippen LogP contribution in [-0.2, 0) is 6.54 Å². The smallest absolute Gasteiger partial charge is 0.0718 e. The van der Waals surface area contributed by atoms with E-state index in [0.29, 0.717) is 6.04 Å². The van der Waals surface area contributed by atoms with Crippen LogP contribution in [0.25, 0.3) is 0 Å². The summed E-state index contributed by atoms with van der Waals surface area (Å²) in [4.78, 5) is 5.10. The highest BCUT2D eigenvalue weighted by Gasteiger charge is 2.22. The number of thiophene rings is 1. The number of rotatable bonds is 6. The lowest BCUT2D eigenvalue weighted by atomic mass is 10.1. The van der Waals surface area contributed by atoms with Crippen LogP contribution < -0.4 is 0 Å². The Morgan fingerprint density at radius 2 is 2.06 bits per heavy atom. The van der Waals surface area contributed by atoms with Gasteiger partial charge in [0.2, 0.25) is 0 Å². The molecular formula is C14H25NOS. The first-order valence-electron chi connectivity index (χ1n) is 6.33. The lowest BCUT2D eigenvalue weighted by Crippen LogP contribution is -2.42. The summed E-state index contributed by atoms with van der Waals surface area (Å²) in [6, 6.07) is 4.86. The average molecular weight is 255 g/mol. The molecule has 0 spiro atoms. The van der Waals surface area contributed by atoms with E-state index in [1.807, 2.05) is 25.2 Å². The predicted molar refractivity (Wildman–Crippen MR) is 75.5 cm³/mol. The molecule has 0 saturated heterocycles. The number of aryl methyl sites for hydroxylation is 1. The Labute approximate surface area is 109 Å². The van der Waals surface area contributed by atoms with Gasteiger partial charge in [-0.25, -0.2) is 0 Å². The fourth-order valence-electron chi connectivity index (χ4n) is 1.89. The maximum absolute atomic E-state index is 9.98. The van der Waals surface area contributed by atoms with Crippen LogP contribution in [0.4, 0.5) is 0 Å². The minimum Gasteiger partial charge on any atom is -0.389 e. The summed E-state index contributed by atoms with van der Waals surface area (Å²) in [6.45, 7) is 12.0. The van der Waals surface area contributed by atoms with Gasteiger partial charge in [0.15, 0.2) is 0 Å². The molecule has 0 saturated carbocycles. The Balaban J connectivity index is 2.70. The van der Waals surface area contributed by atoms with Crippen LogP contribution in [0.5, 0.6) is 0 Å². The van der Waals surface area contributed by atoms with Gasteiger partial charge in [0.25, 0.3) is 0 Å². The molecule has 2 nitrogen and oxygen atoms in total. The Kier molecular flexibility index (Phi) is 5.17. The molecule has 0 aliphatic heterocycles. The summed E-state index contributed by atoms with van der Waals surface area (Å²) in [5.41, 5.74) is -0.629.